The van der Waals surface area contributed by atoms with Gasteiger partial charge in [-0.25, -0.2) is 17.5 Å². The van der Waals surface area contributed by atoms with E-state index in [4.69, 9.17) is 11.6 Å². The van der Waals surface area contributed by atoms with Crippen molar-refractivity contribution in [2.75, 3.05) is 5.88 Å². The van der Waals surface area contributed by atoms with Gasteiger partial charge in [0.15, 0.2) is 0 Å². The minimum Gasteiger partial charge on any atom is -0.260 e. The van der Waals surface area contributed by atoms with Gasteiger partial charge in [-0.15, -0.1) is 11.6 Å². The van der Waals surface area contributed by atoms with Crippen LogP contribution in [0.15, 0.2) is 23.4 Å². The summed E-state index contributed by atoms with van der Waals surface area (Å²) in [6.45, 7) is 1.80. The Morgan fingerprint density at radius 3 is 2.75 bits per heavy atom. The van der Waals surface area contributed by atoms with E-state index in [9.17, 15) is 12.8 Å². The molecule has 1 rings (SSSR count). The van der Waals surface area contributed by atoms with E-state index in [1.54, 1.807) is 6.92 Å². The van der Waals surface area contributed by atoms with Gasteiger partial charge in [0, 0.05) is 18.1 Å². The fraction of sp³-hybridized carbons (Fsp3) is 0.444. The van der Waals surface area contributed by atoms with Gasteiger partial charge in [0.2, 0.25) is 10.0 Å². The molecule has 4 nitrogen and oxygen atoms in total. The van der Waals surface area contributed by atoms with Crippen molar-refractivity contribution in [2.45, 2.75) is 24.3 Å². The van der Waals surface area contributed by atoms with E-state index < -0.39 is 15.8 Å². The Hall–Kier alpha value is -0.720. The van der Waals surface area contributed by atoms with E-state index in [0.717, 1.165) is 18.5 Å². The largest absolute Gasteiger partial charge is 0.260 e. The highest BCUT2D eigenvalue weighted by atomic mass is 35.5. The number of nitrogens with one attached hydrogen (secondary N) is 1. The predicted molar refractivity (Wildman–Crippen MR) is 59.3 cm³/mol. The number of hydrogen-bond acceptors (Lipinski definition) is 3. The van der Waals surface area contributed by atoms with E-state index in [2.05, 4.69) is 9.71 Å². The van der Waals surface area contributed by atoms with Crippen LogP contribution in [0.4, 0.5) is 4.39 Å². The first-order valence-electron chi connectivity index (χ1n) is 4.68. The number of alkyl halides is 1. The molecular weight excluding hydrogens is 255 g/mol. The Labute approximate surface area is 98.9 Å². The van der Waals surface area contributed by atoms with Crippen LogP contribution in [0.2, 0.25) is 0 Å². The average molecular weight is 267 g/mol. The maximum absolute atomic E-state index is 12.8. The Balaban J connectivity index is 2.94. The smallest absolute Gasteiger partial charge is 0.242 e. The molecule has 0 amide bonds. The Morgan fingerprint density at radius 2 is 2.25 bits per heavy atom. The zero-order chi connectivity index (χ0) is 12.2. The second kappa shape index (κ2) is 5.56. The lowest BCUT2D eigenvalue weighted by atomic mass is 10.3. The van der Waals surface area contributed by atoms with Gasteiger partial charge < -0.3 is 0 Å². The van der Waals surface area contributed by atoms with Gasteiger partial charge in [-0.05, 0) is 12.5 Å². The summed E-state index contributed by atoms with van der Waals surface area (Å²) in [6.07, 6.45) is 2.59. The monoisotopic (exact) mass is 266 g/mol. The van der Waals surface area contributed by atoms with Crippen LogP contribution in [-0.2, 0) is 10.0 Å². The zero-order valence-corrected chi connectivity index (χ0v) is 10.2. The molecule has 0 aliphatic heterocycles. The summed E-state index contributed by atoms with van der Waals surface area (Å²) >= 11 is 5.58. The lowest BCUT2D eigenvalue weighted by Gasteiger charge is -2.13. The highest BCUT2D eigenvalue weighted by Crippen LogP contribution is 2.10. The molecule has 0 aliphatic rings. The summed E-state index contributed by atoms with van der Waals surface area (Å²) in [5.41, 5.74) is 0. The normalized spacial score (nSPS) is 13.7. The van der Waals surface area contributed by atoms with Gasteiger partial charge in [-0.2, -0.15) is 0 Å². The van der Waals surface area contributed by atoms with Crippen molar-refractivity contribution in [2.24, 2.45) is 0 Å². The van der Waals surface area contributed by atoms with Gasteiger partial charge in [-0.1, -0.05) is 6.92 Å². The molecule has 1 N–H and O–H groups in total. The first kappa shape index (κ1) is 13.3. The summed E-state index contributed by atoms with van der Waals surface area (Å²) in [7, 11) is -3.74. The molecule has 1 aromatic heterocycles. The van der Waals surface area contributed by atoms with Crippen LogP contribution >= 0.6 is 11.6 Å². The van der Waals surface area contributed by atoms with Gasteiger partial charge in [0.1, 0.15) is 10.7 Å². The molecule has 90 valence electrons. The van der Waals surface area contributed by atoms with E-state index in [-0.39, 0.29) is 16.8 Å². The quantitative estimate of drug-likeness (QED) is 0.822. The number of pyridine rings is 1. The topological polar surface area (TPSA) is 59.1 Å². The van der Waals surface area contributed by atoms with Crippen LogP contribution in [-0.4, -0.2) is 25.3 Å². The van der Waals surface area contributed by atoms with E-state index >= 15 is 0 Å². The molecule has 0 spiro atoms. The minimum atomic E-state index is -3.74. The van der Waals surface area contributed by atoms with Crippen LogP contribution < -0.4 is 4.72 Å². The molecule has 0 fully saturated rings. The van der Waals surface area contributed by atoms with Crippen LogP contribution in [0.5, 0.6) is 0 Å². The van der Waals surface area contributed by atoms with E-state index in [1.165, 1.54) is 0 Å². The molecule has 16 heavy (non-hydrogen) atoms. The van der Waals surface area contributed by atoms with E-state index in [1.807, 2.05) is 0 Å². The van der Waals surface area contributed by atoms with Gasteiger partial charge >= 0.3 is 0 Å². The predicted octanol–water partition coefficient (Wildman–Crippen LogP) is 1.52. The number of rotatable bonds is 5. The molecule has 0 aromatic carbocycles. The number of aromatic nitrogens is 1. The van der Waals surface area contributed by atoms with Crippen molar-refractivity contribution in [3.05, 3.63) is 24.3 Å². The summed E-state index contributed by atoms with van der Waals surface area (Å²) in [5, 5.41) is 0. The Kier molecular flexibility index (Phi) is 4.64. The van der Waals surface area contributed by atoms with Crippen molar-refractivity contribution in [3.8, 4) is 0 Å². The summed E-state index contributed by atoms with van der Waals surface area (Å²) < 4.78 is 38.7. The van der Waals surface area contributed by atoms with Crippen molar-refractivity contribution in [1.29, 1.82) is 0 Å². The van der Waals surface area contributed by atoms with Crippen LogP contribution in [0.3, 0.4) is 0 Å². The summed E-state index contributed by atoms with van der Waals surface area (Å²) in [4.78, 5) is 3.28. The first-order chi connectivity index (χ1) is 7.49. The number of hydrogen-bond donors (Lipinski definition) is 1. The fourth-order valence-electron chi connectivity index (χ4n) is 1.05. The molecule has 0 bridgehead atoms. The molecular formula is C9H12ClFN2O2S. The Bertz CT molecular complexity index is 449. The maximum atomic E-state index is 12.8. The molecule has 1 heterocycles. The molecule has 0 saturated heterocycles. The van der Waals surface area contributed by atoms with Crippen molar-refractivity contribution >= 4 is 21.6 Å². The molecule has 1 aromatic rings. The van der Waals surface area contributed by atoms with Crippen molar-refractivity contribution in [3.63, 3.8) is 0 Å². The molecule has 1 atom stereocenters. The molecule has 7 heteroatoms. The number of nitrogens with zero attached hydrogens (tertiary/aromatic N) is 1. The van der Waals surface area contributed by atoms with Crippen molar-refractivity contribution < 1.29 is 12.8 Å². The fourth-order valence-corrected chi connectivity index (χ4v) is 2.73. The van der Waals surface area contributed by atoms with Crippen LogP contribution in [0.1, 0.15) is 13.3 Å². The zero-order valence-electron chi connectivity index (χ0n) is 8.65. The molecule has 0 aliphatic carbocycles. The third-order valence-corrected chi connectivity index (χ3v) is 3.85. The van der Waals surface area contributed by atoms with Crippen LogP contribution in [0, 0.1) is 5.82 Å². The minimum absolute atomic E-state index is 0.165. The lowest BCUT2D eigenvalue weighted by molar-refractivity contribution is 0.554. The highest BCUT2D eigenvalue weighted by molar-refractivity contribution is 7.89. The summed E-state index contributed by atoms with van der Waals surface area (Å²) in [5.74, 6) is -0.528. The van der Waals surface area contributed by atoms with Gasteiger partial charge in [-0.3, -0.25) is 4.98 Å². The third kappa shape index (κ3) is 3.40. The standard InChI is InChI=1S/C9H12ClFN2O2S/c1-2-8(4-10)13-16(14,15)9-3-7(11)5-12-6-9/h3,5-6,8,13H,2,4H2,1H3. The number of halogens is 2. The SMILES string of the molecule is CCC(CCl)NS(=O)(=O)c1cncc(F)c1. The average Bonchev–Trinajstić information content (AvgIpc) is 2.26. The van der Waals surface area contributed by atoms with Gasteiger partial charge in [0.05, 0.1) is 6.20 Å². The maximum Gasteiger partial charge on any atom is 0.242 e. The van der Waals surface area contributed by atoms with Crippen LogP contribution in [0.25, 0.3) is 0 Å². The van der Waals surface area contributed by atoms with E-state index in [0.29, 0.717) is 6.42 Å². The molecule has 0 saturated carbocycles. The first-order valence-corrected chi connectivity index (χ1v) is 6.70. The number of sulfonamides is 1. The second-order valence-electron chi connectivity index (χ2n) is 3.22. The van der Waals surface area contributed by atoms with Gasteiger partial charge in [0.25, 0.3) is 0 Å². The summed E-state index contributed by atoms with van der Waals surface area (Å²) in [6, 6.07) is 0.547. The molecule has 0 radical (unpaired) electrons. The third-order valence-electron chi connectivity index (χ3n) is 1.99. The second-order valence-corrected chi connectivity index (χ2v) is 5.24. The van der Waals surface area contributed by atoms with Crippen molar-refractivity contribution in [1.82, 2.24) is 9.71 Å². The Morgan fingerprint density at radius 1 is 1.56 bits per heavy atom. The lowest BCUT2D eigenvalue weighted by Crippen LogP contribution is -2.35. The molecule has 1 unspecified atom stereocenters. The highest BCUT2D eigenvalue weighted by Gasteiger charge is 2.19.